The molecular weight excluding hydrogens is 266 g/mol. The van der Waals surface area contributed by atoms with Crippen LogP contribution in [0.3, 0.4) is 0 Å². The van der Waals surface area contributed by atoms with Gasteiger partial charge in [-0.2, -0.15) is 0 Å². The first-order valence-electron chi connectivity index (χ1n) is 7.41. The fraction of sp³-hybridized carbons (Fsp3) is 0.412. The fourth-order valence-corrected chi connectivity index (χ4v) is 4.08. The summed E-state index contributed by atoms with van der Waals surface area (Å²) in [6.07, 6.45) is 6.31. The summed E-state index contributed by atoms with van der Waals surface area (Å²) in [7, 11) is 1.58. The lowest BCUT2D eigenvalue weighted by Crippen LogP contribution is -2.38. The van der Waals surface area contributed by atoms with Gasteiger partial charge in [0.2, 0.25) is 11.8 Å². The van der Waals surface area contributed by atoms with Gasteiger partial charge in [0, 0.05) is 6.07 Å². The van der Waals surface area contributed by atoms with Crippen LogP contribution in [0.2, 0.25) is 0 Å². The van der Waals surface area contributed by atoms with Crippen LogP contribution in [0, 0.1) is 23.7 Å². The summed E-state index contributed by atoms with van der Waals surface area (Å²) in [4.78, 5) is 26.9. The first-order valence-corrected chi connectivity index (χ1v) is 7.41. The van der Waals surface area contributed by atoms with E-state index in [1.165, 1.54) is 4.90 Å². The molecule has 4 heteroatoms. The lowest BCUT2D eigenvalue weighted by atomic mass is 9.63. The molecule has 1 aromatic carbocycles. The smallest absolute Gasteiger partial charge is 0.238 e. The van der Waals surface area contributed by atoms with E-state index < -0.39 is 0 Å². The number of fused-ring (bicyclic) bond motifs is 1. The van der Waals surface area contributed by atoms with Crippen molar-refractivity contribution in [2.45, 2.75) is 12.8 Å². The van der Waals surface area contributed by atoms with Gasteiger partial charge >= 0.3 is 0 Å². The number of anilines is 1. The number of amides is 2. The van der Waals surface area contributed by atoms with Crippen LogP contribution in [-0.2, 0) is 9.59 Å². The van der Waals surface area contributed by atoms with Gasteiger partial charge in [-0.1, -0.05) is 18.2 Å². The summed E-state index contributed by atoms with van der Waals surface area (Å²) in [6, 6.07) is 7.17. The number of ether oxygens (including phenoxy) is 1. The van der Waals surface area contributed by atoms with Crippen LogP contribution < -0.4 is 9.64 Å². The maximum Gasteiger partial charge on any atom is 0.238 e. The van der Waals surface area contributed by atoms with Crippen molar-refractivity contribution in [3.63, 3.8) is 0 Å². The summed E-state index contributed by atoms with van der Waals surface area (Å²) < 4.78 is 5.20. The van der Waals surface area contributed by atoms with Crippen molar-refractivity contribution < 1.29 is 14.3 Å². The van der Waals surface area contributed by atoms with Crippen molar-refractivity contribution >= 4 is 17.5 Å². The highest BCUT2D eigenvalue weighted by Gasteiger charge is 2.56. The third-order valence-electron chi connectivity index (χ3n) is 5.07. The Hall–Kier alpha value is -2.10. The number of allylic oxidation sites excluding steroid dienone is 2. The van der Waals surface area contributed by atoms with Crippen molar-refractivity contribution in [1.29, 1.82) is 0 Å². The zero-order chi connectivity index (χ0) is 14.6. The van der Waals surface area contributed by atoms with Crippen molar-refractivity contribution in [3.05, 3.63) is 36.4 Å². The highest BCUT2D eigenvalue weighted by atomic mass is 16.5. The highest BCUT2D eigenvalue weighted by molar-refractivity contribution is 6.22. The SMILES string of the molecule is COc1cccc(N2C(=O)[C@@H]3[C@@H](C2=O)[C@@H]2C=C[C@@H]3CC2)c1. The molecule has 0 unspecified atom stereocenters. The van der Waals surface area contributed by atoms with E-state index in [1.807, 2.05) is 12.1 Å². The molecule has 108 valence electrons. The van der Waals surface area contributed by atoms with Crippen LogP contribution in [0.1, 0.15) is 12.8 Å². The Balaban J connectivity index is 1.75. The molecule has 1 aliphatic heterocycles. The van der Waals surface area contributed by atoms with Crippen LogP contribution >= 0.6 is 0 Å². The minimum absolute atomic E-state index is 0.0442. The molecule has 1 heterocycles. The van der Waals surface area contributed by atoms with Crippen molar-refractivity contribution in [2.75, 3.05) is 12.0 Å². The zero-order valence-corrected chi connectivity index (χ0v) is 11.9. The van der Waals surface area contributed by atoms with Crippen LogP contribution in [0.5, 0.6) is 5.75 Å². The quantitative estimate of drug-likeness (QED) is 0.618. The molecule has 4 atom stereocenters. The van der Waals surface area contributed by atoms with Crippen LogP contribution in [0.25, 0.3) is 0 Å². The molecule has 3 aliphatic carbocycles. The van der Waals surface area contributed by atoms with E-state index in [0.717, 1.165) is 12.8 Å². The van der Waals surface area contributed by atoms with Gasteiger partial charge in [0.05, 0.1) is 24.6 Å². The molecule has 1 saturated heterocycles. The predicted octanol–water partition coefficient (Wildman–Crippen LogP) is 2.40. The number of hydrogen-bond acceptors (Lipinski definition) is 3. The fourth-order valence-electron chi connectivity index (χ4n) is 4.08. The average Bonchev–Trinajstić information content (AvgIpc) is 2.82. The molecule has 4 nitrogen and oxygen atoms in total. The number of carbonyl (C=O) groups is 2. The van der Waals surface area contributed by atoms with Gasteiger partial charge in [0.25, 0.3) is 0 Å². The summed E-state index contributed by atoms with van der Waals surface area (Å²) in [5.41, 5.74) is 0.623. The van der Waals surface area contributed by atoms with Crippen molar-refractivity contribution in [3.8, 4) is 5.75 Å². The highest BCUT2D eigenvalue weighted by Crippen LogP contribution is 2.50. The van der Waals surface area contributed by atoms with Gasteiger partial charge in [0.15, 0.2) is 0 Å². The second kappa shape index (κ2) is 4.45. The van der Waals surface area contributed by atoms with E-state index in [4.69, 9.17) is 4.74 Å². The Kier molecular flexibility index (Phi) is 2.67. The normalized spacial score (nSPS) is 33.5. The van der Waals surface area contributed by atoms with Gasteiger partial charge in [-0.05, 0) is 36.8 Å². The number of benzene rings is 1. The van der Waals surface area contributed by atoms with Crippen LogP contribution in [0.4, 0.5) is 5.69 Å². The molecule has 1 aromatic rings. The largest absolute Gasteiger partial charge is 0.497 e. The van der Waals surface area contributed by atoms with E-state index in [-0.39, 0.29) is 35.5 Å². The Morgan fingerprint density at radius 2 is 1.67 bits per heavy atom. The molecule has 0 spiro atoms. The minimum Gasteiger partial charge on any atom is -0.497 e. The first-order chi connectivity index (χ1) is 10.2. The lowest BCUT2D eigenvalue weighted by Gasteiger charge is -2.38. The lowest BCUT2D eigenvalue weighted by molar-refractivity contribution is -0.124. The number of hydrogen-bond donors (Lipinski definition) is 0. The predicted molar refractivity (Wildman–Crippen MR) is 77.8 cm³/mol. The van der Waals surface area contributed by atoms with Gasteiger partial charge in [-0.25, -0.2) is 4.90 Å². The van der Waals surface area contributed by atoms with Gasteiger partial charge in [-0.3, -0.25) is 9.59 Å². The maximum absolute atomic E-state index is 12.8. The van der Waals surface area contributed by atoms with Crippen molar-refractivity contribution in [2.24, 2.45) is 23.7 Å². The second-order valence-corrected chi connectivity index (χ2v) is 6.05. The number of rotatable bonds is 2. The number of methoxy groups -OCH3 is 1. The van der Waals surface area contributed by atoms with E-state index in [1.54, 1.807) is 19.2 Å². The summed E-state index contributed by atoms with van der Waals surface area (Å²) in [6.45, 7) is 0. The monoisotopic (exact) mass is 283 g/mol. The van der Waals surface area contributed by atoms with E-state index in [0.29, 0.717) is 11.4 Å². The first kappa shape index (κ1) is 12.6. The summed E-state index contributed by atoms with van der Waals surface area (Å²) in [5.74, 6) is 0.706. The molecule has 0 aromatic heterocycles. The third kappa shape index (κ3) is 1.68. The van der Waals surface area contributed by atoms with E-state index in [9.17, 15) is 9.59 Å². The standard InChI is InChI=1S/C17H17NO3/c1-21-13-4-2-3-12(9-13)18-16(19)14-10-5-6-11(8-7-10)15(14)17(18)20/h2-6,9-11,14-15H,7-8H2,1H3/t10-,11-,14+,15+/m1/s1. The zero-order valence-electron chi connectivity index (χ0n) is 11.9. The molecule has 0 N–H and O–H groups in total. The summed E-state index contributed by atoms with van der Waals surface area (Å²) in [5, 5.41) is 0. The molecule has 5 rings (SSSR count). The maximum atomic E-state index is 12.8. The van der Waals surface area contributed by atoms with Crippen LogP contribution in [-0.4, -0.2) is 18.9 Å². The number of imide groups is 1. The molecule has 1 saturated carbocycles. The van der Waals surface area contributed by atoms with E-state index in [2.05, 4.69) is 12.2 Å². The Morgan fingerprint density at radius 1 is 1.05 bits per heavy atom. The number of nitrogens with zero attached hydrogens (tertiary/aromatic N) is 1. The Morgan fingerprint density at radius 3 is 2.19 bits per heavy atom. The topological polar surface area (TPSA) is 46.6 Å². The van der Waals surface area contributed by atoms with E-state index >= 15 is 0 Å². The third-order valence-corrected chi connectivity index (χ3v) is 5.07. The molecule has 0 radical (unpaired) electrons. The molecule has 2 bridgehead atoms. The van der Waals surface area contributed by atoms with Gasteiger partial charge < -0.3 is 4.74 Å². The minimum atomic E-state index is -0.160. The molecule has 4 aliphatic rings. The van der Waals surface area contributed by atoms with Gasteiger partial charge in [0.1, 0.15) is 5.75 Å². The molecular formula is C17H17NO3. The second-order valence-electron chi connectivity index (χ2n) is 6.05. The average molecular weight is 283 g/mol. The Labute approximate surface area is 123 Å². The summed E-state index contributed by atoms with van der Waals surface area (Å²) >= 11 is 0. The molecule has 2 amide bonds. The van der Waals surface area contributed by atoms with Crippen molar-refractivity contribution in [1.82, 2.24) is 0 Å². The van der Waals surface area contributed by atoms with Gasteiger partial charge in [-0.15, -0.1) is 0 Å². The van der Waals surface area contributed by atoms with Crippen LogP contribution in [0.15, 0.2) is 36.4 Å². The molecule has 21 heavy (non-hydrogen) atoms. The number of carbonyl (C=O) groups excluding carboxylic acids is 2. The Bertz CT molecular complexity index is 619. The molecule has 2 fully saturated rings.